The lowest BCUT2D eigenvalue weighted by Gasteiger charge is -2.07. The average Bonchev–Trinajstić information content (AvgIpc) is 2.41. The van der Waals surface area contributed by atoms with Gasteiger partial charge in [0.15, 0.2) is 0 Å². The van der Waals surface area contributed by atoms with E-state index in [0.29, 0.717) is 16.3 Å². The topological polar surface area (TPSA) is 48.4 Å². The molecule has 6 heteroatoms. The highest BCUT2D eigenvalue weighted by Crippen LogP contribution is 2.31. The molecule has 1 heterocycles. The zero-order valence-corrected chi connectivity index (χ0v) is 12.2. The largest absolute Gasteiger partial charge is 0.465 e. The molecular formula is C13H9BrClNO3. The number of rotatable bonds is 3. The highest BCUT2D eigenvalue weighted by Gasteiger charge is 2.09. The number of carbonyl (C=O) groups excluding carboxylic acids is 1. The van der Waals surface area contributed by atoms with Crippen LogP contribution in [0.25, 0.3) is 0 Å². The zero-order valence-electron chi connectivity index (χ0n) is 9.89. The summed E-state index contributed by atoms with van der Waals surface area (Å²) >= 11 is 9.34. The zero-order chi connectivity index (χ0) is 13.8. The Morgan fingerprint density at radius 1 is 1.32 bits per heavy atom. The normalized spacial score (nSPS) is 10.1. The third-order valence-electron chi connectivity index (χ3n) is 2.26. The van der Waals surface area contributed by atoms with Gasteiger partial charge in [-0.1, -0.05) is 27.5 Å². The van der Waals surface area contributed by atoms with Gasteiger partial charge in [0.05, 0.1) is 17.7 Å². The number of ether oxygens (including phenoxy) is 2. The van der Waals surface area contributed by atoms with Gasteiger partial charge in [-0.15, -0.1) is 0 Å². The third kappa shape index (κ3) is 3.45. The van der Waals surface area contributed by atoms with E-state index in [-0.39, 0.29) is 5.88 Å². The lowest BCUT2D eigenvalue weighted by atomic mass is 10.3. The van der Waals surface area contributed by atoms with Crippen molar-refractivity contribution in [2.24, 2.45) is 0 Å². The monoisotopic (exact) mass is 341 g/mol. The molecule has 0 fully saturated rings. The third-order valence-corrected chi connectivity index (χ3v) is 3.05. The predicted octanol–water partition coefficient (Wildman–Crippen LogP) is 4.08. The van der Waals surface area contributed by atoms with E-state index in [9.17, 15) is 4.79 Å². The Balaban J connectivity index is 2.26. The molecule has 19 heavy (non-hydrogen) atoms. The Morgan fingerprint density at radius 3 is 2.79 bits per heavy atom. The molecule has 0 atom stereocenters. The lowest BCUT2D eigenvalue weighted by Crippen LogP contribution is -2.01. The van der Waals surface area contributed by atoms with Crippen molar-refractivity contribution in [3.05, 3.63) is 51.6 Å². The number of halogens is 2. The van der Waals surface area contributed by atoms with Crippen LogP contribution in [0.3, 0.4) is 0 Å². The summed E-state index contributed by atoms with van der Waals surface area (Å²) in [7, 11) is 1.31. The molecule has 0 saturated heterocycles. The molecule has 0 aliphatic rings. The molecule has 4 nitrogen and oxygen atoms in total. The fourth-order valence-corrected chi connectivity index (χ4v) is 2.09. The summed E-state index contributed by atoms with van der Waals surface area (Å²) in [6.07, 6.45) is 1.47. The van der Waals surface area contributed by atoms with E-state index in [1.165, 1.54) is 19.4 Å². The van der Waals surface area contributed by atoms with Gasteiger partial charge in [0.25, 0.3) is 0 Å². The molecule has 0 spiro atoms. The maximum atomic E-state index is 11.4. The number of aromatic nitrogens is 1. The lowest BCUT2D eigenvalue weighted by molar-refractivity contribution is 0.0600. The first-order valence-corrected chi connectivity index (χ1v) is 6.44. The second kappa shape index (κ2) is 6.04. The number of benzene rings is 1. The SMILES string of the molecule is COC(=O)c1ccnc(Oc2ccc(Br)cc2Cl)c1. The van der Waals surface area contributed by atoms with Crippen LogP contribution in [0, 0.1) is 0 Å². The molecule has 0 unspecified atom stereocenters. The van der Waals surface area contributed by atoms with Gasteiger partial charge in [-0.05, 0) is 24.3 Å². The van der Waals surface area contributed by atoms with Gasteiger partial charge in [0, 0.05) is 16.7 Å². The van der Waals surface area contributed by atoms with E-state index in [0.717, 1.165) is 4.47 Å². The van der Waals surface area contributed by atoms with Crippen LogP contribution < -0.4 is 4.74 Å². The van der Waals surface area contributed by atoms with E-state index in [4.69, 9.17) is 16.3 Å². The highest BCUT2D eigenvalue weighted by atomic mass is 79.9. The molecule has 98 valence electrons. The Hall–Kier alpha value is -1.59. The molecule has 2 aromatic rings. The van der Waals surface area contributed by atoms with Gasteiger partial charge < -0.3 is 9.47 Å². The van der Waals surface area contributed by atoms with Crippen LogP contribution in [0.1, 0.15) is 10.4 Å². The number of carbonyl (C=O) groups is 1. The number of methoxy groups -OCH3 is 1. The van der Waals surface area contributed by atoms with Gasteiger partial charge in [-0.3, -0.25) is 0 Å². The second-order valence-corrected chi connectivity index (χ2v) is 4.87. The van der Waals surface area contributed by atoms with Crippen molar-refractivity contribution in [1.29, 1.82) is 0 Å². The molecular weight excluding hydrogens is 334 g/mol. The van der Waals surface area contributed by atoms with Crippen LogP contribution >= 0.6 is 27.5 Å². The summed E-state index contributed by atoms with van der Waals surface area (Å²) in [5.74, 6) is 0.278. The Bertz CT molecular complexity index is 619. The van der Waals surface area contributed by atoms with E-state index < -0.39 is 5.97 Å². The fourth-order valence-electron chi connectivity index (χ4n) is 1.38. The maximum Gasteiger partial charge on any atom is 0.338 e. The molecule has 0 aliphatic carbocycles. The molecule has 0 radical (unpaired) electrons. The second-order valence-electron chi connectivity index (χ2n) is 3.55. The Kier molecular flexibility index (Phi) is 4.39. The number of pyridine rings is 1. The molecule has 0 amide bonds. The van der Waals surface area contributed by atoms with Crippen LogP contribution in [0.4, 0.5) is 0 Å². The Morgan fingerprint density at radius 2 is 2.11 bits per heavy atom. The highest BCUT2D eigenvalue weighted by molar-refractivity contribution is 9.10. The first-order chi connectivity index (χ1) is 9.10. The summed E-state index contributed by atoms with van der Waals surface area (Å²) in [5, 5.41) is 0.444. The van der Waals surface area contributed by atoms with E-state index in [1.807, 2.05) is 0 Å². The van der Waals surface area contributed by atoms with Crippen molar-refractivity contribution < 1.29 is 14.3 Å². The molecule has 0 bridgehead atoms. The van der Waals surface area contributed by atoms with Crippen LogP contribution in [0.5, 0.6) is 11.6 Å². The molecule has 0 aliphatic heterocycles. The van der Waals surface area contributed by atoms with Crippen LogP contribution in [0.15, 0.2) is 41.0 Å². The minimum Gasteiger partial charge on any atom is -0.465 e. The standard InChI is InChI=1S/C13H9BrClNO3/c1-18-13(17)8-4-5-16-12(6-8)19-11-3-2-9(14)7-10(11)15/h2-7H,1H3. The first-order valence-electron chi connectivity index (χ1n) is 5.27. The van der Waals surface area contributed by atoms with Crippen molar-refractivity contribution >= 4 is 33.5 Å². The average molecular weight is 343 g/mol. The van der Waals surface area contributed by atoms with Crippen molar-refractivity contribution in [3.63, 3.8) is 0 Å². The van der Waals surface area contributed by atoms with E-state index >= 15 is 0 Å². The van der Waals surface area contributed by atoms with Crippen molar-refractivity contribution in [1.82, 2.24) is 4.98 Å². The van der Waals surface area contributed by atoms with Gasteiger partial charge in [0.2, 0.25) is 5.88 Å². The van der Waals surface area contributed by atoms with Gasteiger partial charge in [-0.25, -0.2) is 9.78 Å². The quantitative estimate of drug-likeness (QED) is 0.789. The molecule has 0 N–H and O–H groups in total. The smallest absolute Gasteiger partial charge is 0.338 e. The summed E-state index contributed by atoms with van der Waals surface area (Å²) in [6, 6.07) is 8.25. The van der Waals surface area contributed by atoms with Gasteiger partial charge in [0.1, 0.15) is 5.75 Å². The van der Waals surface area contributed by atoms with Crippen LogP contribution in [-0.2, 0) is 4.74 Å². The predicted molar refractivity (Wildman–Crippen MR) is 74.8 cm³/mol. The maximum absolute atomic E-state index is 11.4. The van der Waals surface area contributed by atoms with Gasteiger partial charge in [-0.2, -0.15) is 0 Å². The molecule has 0 saturated carbocycles. The van der Waals surface area contributed by atoms with Gasteiger partial charge >= 0.3 is 5.97 Å². The number of hydrogen-bond acceptors (Lipinski definition) is 4. The fraction of sp³-hybridized carbons (Fsp3) is 0.0769. The summed E-state index contributed by atoms with van der Waals surface area (Å²) in [4.78, 5) is 15.4. The summed E-state index contributed by atoms with van der Waals surface area (Å²) in [6.45, 7) is 0. The molecule has 1 aromatic carbocycles. The Labute approximate surface area is 123 Å². The summed E-state index contributed by atoms with van der Waals surface area (Å²) < 4.78 is 11.0. The number of nitrogens with zero attached hydrogens (tertiary/aromatic N) is 1. The van der Waals surface area contributed by atoms with E-state index in [2.05, 4.69) is 25.7 Å². The first kappa shape index (κ1) is 13.8. The minimum absolute atomic E-state index is 0.270. The molecule has 1 aromatic heterocycles. The van der Waals surface area contributed by atoms with Crippen molar-refractivity contribution in [2.45, 2.75) is 0 Å². The minimum atomic E-state index is -0.450. The van der Waals surface area contributed by atoms with Crippen LogP contribution in [-0.4, -0.2) is 18.1 Å². The van der Waals surface area contributed by atoms with Crippen LogP contribution in [0.2, 0.25) is 5.02 Å². The van der Waals surface area contributed by atoms with Crippen molar-refractivity contribution in [2.75, 3.05) is 7.11 Å². The molecule has 2 rings (SSSR count). The summed E-state index contributed by atoms with van der Waals surface area (Å²) in [5.41, 5.74) is 0.362. The number of esters is 1. The van der Waals surface area contributed by atoms with E-state index in [1.54, 1.807) is 24.3 Å². The van der Waals surface area contributed by atoms with Crippen molar-refractivity contribution in [3.8, 4) is 11.6 Å². The number of hydrogen-bond donors (Lipinski definition) is 0.